The van der Waals surface area contributed by atoms with Gasteiger partial charge in [0.1, 0.15) is 6.04 Å². The second kappa shape index (κ2) is 9.51. The molecule has 4 nitrogen and oxygen atoms in total. The molecule has 0 aromatic heterocycles. The number of anilines is 1. The van der Waals surface area contributed by atoms with Crippen molar-refractivity contribution in [3.8, 4) is 0 Å². The Kier molecular flexibility index (Phi) is 7.02. The molecule has 160 valence electrons. The molecule has 0 radical (unpaired) electrons. The van der Waals surface area contributed by atoms with Crippen LogP contribution in [0.15, 0.2) is 54.6 Å². The van der Waals surface area contributed by atoms with Crippen molar-refractivity contribution in [3.63, 3.8) is 0 Å². The zero-order chi connectivity index (χ0) is 21.7. The van der Waals surface area contributed by atoms with Crippen molar-refractivity contribution >= 4 is 29.1 Å². The van der Waals surface area contributed by atoms with Crippen molar-refractivity contribution in [3.05, 3.63) is 65.2 Å². The van der Waals surface area contributed by atoms with E-state index in [4.69, 9.17) is 11.6 Å². The fourth-order valence-corrected chi connectivity index (χ4v) is 3.82. The summed E-state index contributed by atoms with van der Waals surface area (Å²) < 4.78 is 40.5. The molecule has 30 heavy (non-hydrogen) atoms. The number of para-hydroxylation sites is 1. The Hall–Kier alpha value is -2.54. The van der Waals surface area contributed by atoms with Crippen molar-refractivity contribution in [2.75, 3.05) is 4.90 Å². The minimum absolute atomic E-state index is 0.0152. The number of hydrogen-bond donors (Lipinski definition) is 1. The van der Waals surface area contributed by atoms with Gasteiger partial charge in [0.05, 0.1) is 0 Å². The third-order valence-corrected chi connectivity index (χ3v) is 5.39. The summed E-state index contributed by atoms with van der Waals surface area (Å²) in [6.07, 6.45) is -0.669. The Bertz CT molecular complexity index is 866. The van der Waals surface area contributed by atoms with Crippen LogP contribution in [0.2, 0.25) is 5.02 Å². The van der Waals surface area contributed by atoms with Crippen LogP contribution in [0.25, 0.3) is 0 Å². The van der Waals surface area contributed by atoms with Crippen LogP contribution in [0.5, 0.6) is 0 Å². The molecule has 8 heteroatoms. The normalized spacial score (nSPS) is 16.0. The molecule has 1 saturated carbocycles. The molecule has 0 heterocycles. The first-order valence-corrected chi connectivity index (χ1v) is 10.2. The Morgan fingerprint density at radius 2 is 1.57 bits per heavy atom. The molecule has 2 amide bonds. The molecule has 0 spiro atoms. The van der Waals surface area contributed by atoms with E-state index < -0.39 is 24.0 Å². The maximum absolute atomic E-state index is 13.5. The molecule has 1 unspecified atom stereocenters. The van der Waals surface area contributed by atoms with Crippen molar-refractivity contribution in [1.29, 1.82) is 0 Å². The maximum Gasteiger partial charge on any atom is 0.471 e. The standard InChI is InChI=1S/C22H22ClF3N2O2/c23-16-13-11-15(12-14-16)19(20(29)27-17-7-3-1-4-8-17)28(21(30)22(24,25)26)18-9-5-2-6-10-18/h2,5-6,9-14,17,19H,1,3-4,7-8H2,(H,27,29). The minimum atomic E-state index is -5.15. The highest BCUT2D eigenvalue weighted by Gasteiger charge is 2.47. The highest BCUT2D eigenvalue weighted by Crippen LogP contribution is 2.33. The summed E-state index contributed by atoms with van der Waals surface area (Å²) in [5.74, 6) is -2.75. The molecule has 3 rings (SSSR count). The number of carbonyl (C=O) groups is 2. The highest BCUT2D eigenvalue weighted by atomic mass is 35.5. The van der Waals surface area contributed by atoms with Crippen LogP contribution >= 0.6 is 11.6 Å². The van der Waals surface area contributed by atoms with Gasteiger partial charge in [-0.2, -0.15) is 13.2 Å². The van der Waals surface area contributed by atoms with Crippen molar-refractivity contribution in [1.82, 2.24) is 5.32 Å². The van der Waals surface area contributed by atoms with Gasteiger partial charge in [-0.05, 0) is 42.7 Å². The third-order valence-electron chi connectivity index (χ3n) is 5.14. The zero-order valence-corrected chi connectivity index (χ0v) is 16.9. The predicted octanol–water partition coefficient (Wildman–Crippen LogP) is 5.43. The second-order valence-electron chi connectivity index (χ2n) is 7.31. The molecular weight excluding hydrogens is 417 g/mol. The van der Waals surface area contributed by atoms with Crippen LogP contribution in [0.4, 0.5) is 18.9 Å². The zero-order valence-electron chi connectivity index (χ0n) is 16.2. The largest absolute Gasteiger partial charge is 0.471 e. The van der Waals surface area contributed by atoms with Crippen LogP contribution in [0, 0.1) is 0 Å². The van der Waals surface area contributed by atoms with Crippen molar-refractivity contribution < 1.29 is 22.8 Å². The summed E-state index contributed by atoms with van der Waals surface area (Å²) in [6, 6.07) is 11.7. The molecule has 1 atom stereocenters. The van der Waals surface area contributed by atoms with E-state index in [2.05, 4.69) is 5.32 Å². The summed E-state index contributed by atoms with van der Waals surface area (Å²) in [6.45, 7) is 0. The fraction of sp³-hybridized carbons (Fsp3) is 0.364. The molecule has 1 N–H and O–H groups in total. The fourth-order valence-electron chi connectivity index (χ4n) is 3.70. The molecule has 2 aromatic carbocycles. The lowest BCUT2D eigenvalue weighted by atomic mass is 9.94. The van der Waals surface area contributed by atoms with E-state index in [1.54, 1.807) is 6.07 Å². The van der Waals surface area contributed by atoms with Gasteiger partial charge in [0.25, 0.3) is 0 Å². The lowest BCUT2D eigenvalue weighted by Crippen LogP contribution is -2.50. The first kappa shape index (κ1) is 22.2. The second-order valence-corrected chi connectivity index (χ2v) is 7.74. The lowest BCUT2D eigenvalue weighted by molar-refractivity contribution is -0.171. The molecule has 0 aliphatic heterocycles. The number of nitrogens with zero attached hydrogens (tertiary/aromatic N) is 1. The number of alkyl halides is 3. The van der Waals surface area contributed by atoms with Crippen molar-refractivity contribution in [2.24, 2.45) is 0 Å². The smallest absolute Gasteiger partial charge is 0.351 e. The van der Waals surface area contributed by atoms with Gasteiger partial charge in [-0.15, -0.1) is 0 Å². The summed E-state index contributed by atoms with van der Waals surface area (Å²) >= 11 is 5.92. The minimum Gasteiger partial charge on any atom is -0.351 e. The van der Waals surface area contributed by atoms with E-state index in [1.807, 2.05) is 0 Å². The van der Waals surface area contributed by atoms with Crippen LogP contribution in [-0.4, -0.2) is 24.0 Å². The average Bonchev–Trinajstić information content (AvgIpc) is 2.73. The van der Waals surface area contributed by atoms with Gasteiger partial charge < -0.3 is 5.32 Å². The van der Waals surface area contributed by atoms with Gasteiger partial charge in [0.2, 0.25) is 5.91 Å². The molecule has 0 bridgehead atoms. The van der Waals surface area contributed by atoms with Gasteiger partial charge >= 0.3 is 12.1 Å². The van der Waals surface area contributed by atoms with E-state index >= 15 is 0 Å². The monoisotopic (exact) mass is 438 g/mol. The number of hydrogen-bond acceptors (Lipinski definition) is 2. The quantitative estimate of drug-likeness (QED) is 0.677. The SMILES string of the molecule is O=C(NC1CCCCC1)C(c1ccc(Cl)cc1)N(C(=O)C(F)(F)F)c1ccccc1. The van der Waals surface area contributed by atoms with Gasteiger partial charge in [-0.25, -0.2) is 0 Å². The van der Waals surface area contributed by atoms with Gasteiger partial charge in [0, 0.05) is 16.8 Å². The number of rotatable bonds is 5. The maximum atomic E-state index is 13.5. The summed E-state index contributed by atoms with van der Waals surface area (Å²) in [5, 5.41) is 3.23. The van der Waals surface area contributed by atoms with Gasteiger partial charge in [0.15, 0.2) is 0 Å². The lowest BCUT2D eigenvalue weighted by Gasteiger charge is -2.33. The molecule has 1 aliphatic carbocycles. The van der Waals surface area contributed by atoms with E-state index in [9.17, 15) is 22.8 Å². The molecule has 2 aromatic rings. The Morgan fingerprint density at radius 3 is 2.13 bits per heavy atom. The predicted molar refractivity (Wildman–Crippen MR) is 109 cm³/mol. The van der Waals surface area contributed by atoms with Crippen LogP contribution in [-0.2, 0) is 9.59 Å². The number of nitrogens with one attached hydrogen (secondary N) is 1. The molecule has 1 fully saturated rings. The summed E-state index contributed by atoms with van der Waals surface area (Å²) in [5.41, 5.74) is 0.229. The van der Waals surface area contributed by atoms with Gasteiger partial charge in [-0.3, -0.25) is 14.5 Å². The highest BCUT2D eigenvalue weighted by molar-refractivity contribution is 6.30. The van der Waals surface area contributed by atoms with Crippen LogP contribution in [0.3, 0.4) is 0 Å². The van der Waals surface area contributed by atoms with E-state index in [-0.39, 0.29) is 17.3 Å². The number of carbonyl (C=O) groups excluding carboxylic acids is 2. The summed E-state index contributed by atoms with van der Waals surface area (Å²) in [7, 11) is 0. The Morgan fingerprint density at radius 1 is 0.967 bits per heavy atom. The van der Waals surface area contributed by atoms with Gasteiger partial charge in [-0.1, -0.05) is 61.2 Å². The first-order valence-electron chi connectivity index (χ1n) is 9.78. The van der Waals surface area contributed by atoms with Crippen LogP contribution < -0.4 is 10.2 Å². The molecule has 1 aliphatic rings. The van der Waals surface area contributed by atoms with Crippen molar-refractivity contribution in [2.45, 2.75) is 50.4 Å². The number of benzene rings is 2. The average molecular weight is 439 g/mol. The molecule has 0 saturated heterocycles. The third kappa shape index (κ3) is 5.33. The topological polar surface area (TPSA) is 49.4 Å². The van der Waals surface area contributed by atoms with E-state index in [0.29, 0.717) is 9.92 Å². The Balaban J connectivity index is 2.05. The molecular formula is C22H22ClF3N2O2. The number of amides is 2. The first-order chi connectivity index (χ1) is 14.3. The summed E-state index contributed by atoms with van der Waals surface area (Å²) in [4.78, 5) is 26.2. The van der Waals surface area contributed by atoms with E-state index in [0.717, 1.165) is 32.1 Å². The Labute approximate surface area is 178 Å². The number of halogens is 4. The van der Waals surface area contributed by atoms with E-state index in [1.165, 1.54) is 48.5 Å². The van der Waals surface area contributed by atoms with Crippen LogP contribution in [0.1, 0.15) is 43.7 Å².